The fourth-order valence-corrected chi connectivity index (χ4v) is 4.65. The molecule has 5 nitrogen and oxygen atoms in total. The van der Waals surface area contributed by atoms with E-state index in [-0.39, 0.29) is 12.1 Å². The lowest BCUT2D eigenvalue weighted by atomic mass is 10.0. The number of hydrogen-bond donors (Lipinski definition) is 2. The highest BCUT2D eigenvalue weighted by Crippen LogP contribution is 2.31. The molecule has 2 heterocycles. The molecule has 1 atom stereocenters. The van der Waals surface area contributed by atoms with Gasteiger partial charge in [0.1, 0.15) is 5.01 Å². The number of aromatic nitrogens is 1. The zero-order chi connectivity index (χ0) is 19.4. The smallest absolute Gasteiger partial charge is 0.317 e. The van der Waals surface area contributed by atoms with Crippen molar-refractivity contribution < 1.29 is 4.79 Å². The predicted octanol–water partition coefficient (Wildman–Crippen LogP) is 4.35. The van der Waals surface area contributed by atoms with Crippen LogP contribution in [0.2, 0.25) is 0 Å². The average molecular weight is 387 g/mol. The van der Waals surface area contributed by atoms with E-state index in [0.29, 0.717) is 12.1 Å². The van der Waals surface area contributed by atoms with Gasteiger partial charge in [0, 0.05) is 30.7 Å². The molecular formula is C21H30N4OS. The summed E-state index contributed by atoms with van der Waals surface area (Å²) >= 11 is 1.66. The summed E-state index contributed by atoms with van der Waals surface area (Å²) in [6.07, 6.45) is 2.02. The van der Waals surface area contributed by atoms with E-state index in [1.807, 2.05) is 36.9 Å². The first kappa shape index (κ1) is 19.8. The molecule has 0 bridgehead atoms. The largest absolute Gasteiger partial charge is 0.331 e. The quantitative estimate of drug-likeness (QED) is 0.803. The SMILES string of the molecule is Cc1nc(-c2ccccc2)sc1C(C)NC(=O)N1CCC(NC(C)C)CC1. The second-order valence-electron chi connectivity index (χ2n) is 7.59. The van der Waals surface area contributed by atoms with Gasteiger partial charge in [0.2, 0.25) is 0 Å². The zero-order valence-corrected chi connectivity index (χ0v) is 17.5. The first-order valence-corrected chi connectivity index (χ1v) is 10.6. The lowest BCUT2D eigenvalue weighted by molar-refractivity contribution is 0.172. The molecule has 6 heteroatoms. The third-order valence-corrected chi connectivity index (χ3v) is 6.33. The molecule has 1 aliphatic rings. The molecule has 2 N–H and O–H groups in total. The molecule has 2 amide bonds. The first-order valence-electron chi connectivity index (χ1n) is 9.78. The maximum atomic E-state index is 12.7. The molecule has 1 fully saturated rings. The summed E-state index contributed by atoms with van der Waals surface area (Å²) in [5.74, 6) is 0. The van der Waals surface area contributed by atoms with Crippen LogP contribution in [-0.4, -0.2) is 41.1 Å². The Morgan fingerprint density at radius 1 is 1.19 bits per heavy atom. The van der Waals surface area contributed by atoms with Gasteiger partial charge >= 0.3 is 6.03 Å². The fraction of sp³-hybridized carbons (Fsp3) is 0.524. The number of amides is 2. The number of likely N-dealkylation sites (tertiary alicyclic amines) is 1. The fourth-order valence-electron chi connectivity index (χ4n) is 3.58. The van der Waals surface area contributed by atoms with Crippen LogP contribution < -0.4 is 10.6 Å². The van der Waals surface area contributed by atoms with E-state index in [0.717, 1.165) is 47.1 Å². The van der Waals surface area contributed by atoms with Crippen molar-refractivity contribution in [2.45, 2.75) is 58.7 Å². The Bertz CT molecular complexity index is 751. The third-order valence-electron chi connectivity index (χ3n) is 4.94. The first-order chi connectivity index (χ1) is 12.9. The summed E-state index contributed by atoms with van der Waals surface area (Å²) < 4.78 is 0. The summed E-state index contributed by atoms with van der Waals surface area (Å²) in [6.45, 7) is 10.0. The molecule has 1 aromatic heterocycles. The number of aryl methyl sites for hydroxylation is 1. The van der Waals surface area contributed by atoms with E-state index >= 15 is 0 Å². The van der Waals surface area contributed by atoms with Crippen molar-refractivity contribution in [3.8, 4) is 10.6 Å². The van der Waals surface area contributed by atoms with Gasteiger partial charge in [-0.15, -0.1) is 11.3 Å². The lowest BCUT2D eigenvalue weighted by Crippen LogP contribution is -2.49. The lowest BCUT2D eigenvalue weighted by Gasteiger charge is -2.34. The van der Waals surface area contributed by atoms with Crippen LogP contribution in [0.25, 0.3) is 10.6 Å². The molecule has 1 unspecified atom stereocenters. The number of piperidine rings is 1. The van der Waals surface area contributed by atoms with Crippen molar-refractivity contribution in [2.24, 2.45) is 0 Å². The summed E-state index contributed by atoms with van der Waals surface area (Å²) in [5.41, 5.74) is 2.11. The summed E-state index contributed by atoms with van der Waals surface area (Å²) in [4.78, 5) is 20.4. The molecule has 27 heavy (non-hydrogen) atoms. The van der Waals surface area contributed by atoms with Crippen LogP contribution in [0.1, 0.15) is 50.2 Å². The highest BCUT2D eigenvalue weighted by Gasteiger charge is 2.25. The van der Waals surface area contributed by atoms with Crippen LogP contribution in [-0.2, 0) is 0 Å². The highest BCUT2D eigenvalue weighted by atomic mass is 32.1. The molecule has 146 valence electrons. The van der Waals surface area contributed by atoms with E-state index in [4.69, 9.17) is 4.98 Å². The van der Waals surface area contributed by atoms with Gasteiger partial charge in [-0.05, 0) is 26.7 Å². The molecule has 2 aromatic rings. The van der Waals surface area contributed by atoms with Crippen molar-refractivity contribution in [1.29, 1.82) is 0 Å². The van der Waals surface area contributed by atoms with Gasteiger partial charge in [0.15, 0.2) is 0 Å². The van der Waals surface area contributed by atoms with E-state index in [2.05, 4.69) is 36.6 Å². The van der Waals surface area contributed by atoms with E-state index in [1.165, 1.54) is 0 Å². The Morgan fingerprint density at radius 3 is 2.48 bits per heavy atom. The number of rotatable bonds is 5. The van der Waals surface area contributed by atoms with Crippen LogP contribution in [0.15, 0.2) is 30.3 Å². The van der Waals surface area contributed by atoms with Crippen LogP contribution in [0, 0.1) is 6.92 Å². The van der Waals surface area contributed by atoms with Crippen molar-refractivity contribution in [3.05, 3.63) is 40.9 Å². The molecule has 1 aliphatic heterocycles. The van der Waals surface area contributed by atoms with Crippen LogP contribution in [0.4, 0.5) is 4.79 Å². The van der Waals surface area contributed by atoms with Gasteiger partial charge in [-0.25, -0.2) is 9.78 Å². The van der Waals surface area contributed by atoms with Gasteiger partial charge in [-0.3, -0.25) is 0 Å². The molecule has 0 saturated carbocycles. The monoisotopic (exact) mass is 386 g/mol. The Labute approximate surface area is 166 Å². The standard InChI is InChI=1S/C21H30N4OS/c1-14(2)22-18-10-12-25(13-11-18)21(26)24-16(4)19-15(3)23-20(27-19)17-8-6-5-7-9-17/h5-9,14,16,18,22H,10-13H2,1-4H3,(H,24,26). The van der Waals surface area contributed by atoms with Crippen molar-refractivity contribution >= 4 is 17.4 Å². The van der Waals surface area contributed by atoms with E-state index in [9.17, 15) is 4.79 Å². The number of urea groups is 1. The second kappa shape index (κ2) is 8.85. The minimum Gasteiger partial charge on any atom is -0.331 e. The topological polar surface area (TPSA) is 57.3 Å². The Hall–Kier alpha value is -1.92. The van der Waals surface area contributed by atoms with E-state index in [1.54, 1.807) is 11.3 Å². The van der Waals surface area contributed by atoms with E-state index < -0.39 is 0 Å². The molecule has 1 aromatic carbocycles. The predicted molar refractivity (Wildman–Crippen MR) is 112 cm³/mol. The summed E-state index contributed by atoms with van der Waals surface area (Å²) in [5, 5.41) is 7.74. The van der Waals surface area contributed by atoms with Gasteiger partial charge < -0.3 is 15.5 Å². The Balaban J connectivity index is 1.58. The van der Waals surface area contributed by atoms with Crippen LogP contribution in [0.3, 0.4) is 0 Å². The van der Waals surface area contributed by atoms with Gasteiger partial charge in [0.25, 0.3) is 0 Å². The number of nitrogens with zero attached hydrogens (tertiary/aromatic N) is 2. The highest BCUT2D eigenvalue weighted by molar-refractivity contribution is 7.15. The number of benzene rings is 1. The molecule has 0 spiro atoms. The average Bonchev–Trinajstić information content (AvgIpc) is 3.04. The molecular weight excluding hydrogens is 356 g/mol. The minimum atomic E-state index is -0.0426. The molecule has 0 radical (unpaired) electrons. The Kier molecular flexibility index (Phi) is 6.50. The van der Waals surface area contributed by atoms with Crippen LogP contribution >= 0.6 is 11.3 Å². The number of hydrogen-bond acceptors (Lipinski definition) is 4. The number of nitrogens with one attached hydrogen (secondary N) is 2. The molecule has 1 saturated heterocycles. The minimum absolute atomic E-state index is 0.0274. The zero-order valence-electron chi connectivity index (χ0n) is 16.7. The second-order valence-corrected chi connectivity index (χ2v) is 8.62. The normalized spacial score (nSPS) is 16.6. The van der Waals surface area contributed by atoms with Crippen molar-refractivity contribution in [3.63, 3.8) is 0 Å². The van der Waals surface area contributed by atoms with Crippen molar-refractivity contribution in [1.82, 2.24) is 20.5 Å². The molecule has 3 rings (SSSR count). The Morgan fingerprint density at radius 2 is 1.85 bits per heavy atom. The maximum absolute atomic E-state index is 12.7. The van der Waals surface area contributed by atoms with Crippen molar-refractivity contribution in [2.75, 3.05) is 13.1 Å². The number of carbonyl (C=O) groups is 1. The molecule has 0 aliphatic carbocycles. The van der Waals surface area contributed by atoms with Gasteiger partial charge in [-0.2, -0.15) is 0 Å². The van der Waals surface area contributed by atoms with Gasteiger partial charge in [0.05, 0.1) is 16.6 Å². The number of thiazole rings is 1. The van der Waals surface area contributed by atoms with Gasteiger partial charge in [-0.1, -0.05) is 44.2 Å². The van der Waals surface area contributed by atoms with Crippen LogP contribution in [0.5, 0.6) is 0 Å². The maximum Gasteiger partial charge on any atom is 0.317 e. The third kappa shape index (κ3) is 5.08. The summed E-state index contributed by atoms with van der Waals surface area (Å²) in [6, 6.07) is 11.2. The summed E-state index contributed by atoms with van der Waals surface area (Å²) in [7, 11) is 0. The number of carbonyl (C=O) groups excluding carboxylic acids is 1.